The van der Waals surface area contributed by atoms with Gasteiger partial charge < -0.3 is 10.3 Å². The fraction of sp³-hybridized carbons (Fsp3) is 0.385. The zero-order chi connectivity index (χ0) is 15.1. The minimum atomic E-state index is -4.42. The van der Waals surface area contributed by atoms with Gasteiger partial charge in [-0.05, 0) is 39.0 Å². The summed E-state index contributed by atoms with van der Waals surface area (Å²) in [5, 5.41) is 7.88. The van der Waals surface area contributed by atoms with Crippen LogP contribution in [-0.2, 0) is 6.18 Å². The molecule has 0 amide bonds. The highest BCUT2D eigenvalue weighted by Crippen LogP contribution is 2.35. The molecular formula is C13H15F3N4. The van der Waals surface area contributed by atoms with E-state index >= 15 is 0 Å². The molecule has 1 aromatic carbocycles. The maximum Gasteiger partial charge on any atom is 0.416 e. The van der Waals surface area contributed by atoms with Gasteiger partial charge in [0, 0.05) is 17.3 Å². The molecule has 1 heterocycles. The fourth-order valence-corrected chi connectivity index (χ4v) is 2.10. The lowest BCUT2D eigenvalue weighted by molar-refractivity contribution is -0.137. The van der Waals surface area contributed by atoms with E-state index in [9.17, 15) is 13.2 Å². The van der Waals surface area contributed by atoms with Crippen molar-refractivity contribution in [2.75, 3.05) is 5.73 Å². The first-order valence-electron chi connectivity index (χ1n) is 6.10. The third kappa shape index (κ3) is 2.48. The summed E-state index contributed by atoms with van der Waals surface area (Å²) in [4.78, 5) is 0. The first kappa shape index (κ1) is 14.4. The Morgan fingerprint density at radius 2 is 1.85 bits per heavy atom. The molecule has 0 aliphatic carbocycles. The summed E-state index contributed by atoms with van der Waals surface area (Å²) < 4.78 is 40.1. The van der Waals surface area contributed by atoms with Crippen molar-refractivity contribution in [3.8, 4) is 11.4 Å². The van der Waals surface area contributed by atoms with Crippen LogP contribution in [0.15, 0.2) is 18.2 Å². The minimum absolute atomic E-state index is 0.0222. The van der Waals surface area contributed by atoms with Crippen LogP contribution in [0.3, 0.4) is 0 Å². The highest BCUT2D eigenvalue weighted by Gasteiger charge is 2.31. The molecule has 0 aliphatic heterocycles. The molecule has 0 radical (unpaired) electrons. The van der Waals surface area contributed by atoms with Gasteiger partial charge in [-0.2, -0.15) is 13.2 Å². The number of nitrogen functional groups attached to an aromatic ring is 1. The first-order chi connectivity index (χ1) is 9.21. The number of halogens is 3. The number of hydrogen-bond acceptors (Lipinski definition) is 3. The molecule has 20 heavy (non-hydrogen) atoms. The van der Waals surface area contributed by atoms with E-state index in [1.165, 1.54) is 6.07 Å². The van der Waals surface area contributed by atoms with Crippen LogP contribution in [0.5, 0.6) is 0 Å². The first-order valence-corrected chi connectivity index (χ1v) is 6.10. The van der Waals surface area contributed by atoms with Gasteiger partial charge in [-0.25, -0.2) is 0 Å². The van der Waals surface area contributed by atoms with E-state index in [0.29, 0.717) is 11.6 Å². The number of nitrogens with two attached hydrogens (primary N) is 1. The molecule has 1 aromatic heterocycles. The lowest BCUT2D eigenvalue weighted by Crippen LogP contribution is -2.09. The second kappa shape index (κ2) is 4.81. The molecule has 4 nitrogen and oxygen atoms in total. The van der Waals surface area contributed by atoms with Crippen LogP contribution in [-0.4, -0.2) is 14.8 Å². The van der Waals surface area contributed by atoms with E-state index in [1.54, 1.807) is 11.5 Å². The lowest BCUT2D eigenvalue weighted by Gasteiger charge is -2.15. The maximum atomic E-state index is 12.8. The van der Waals surface area contributed by atoms with Crippen LogP contribution < -0.4 is 5.73 Å². The van der Waals surface area contributed by atoms with Gasteiger partial charge in [0.15, 0.2) is 5.82 Å². The Bertz CT molecular complexity index is 629. The second-order valence-corrected chi connectivity index (χ2v) is 4.83. The molecule has 2 N–H and O–H groups in total. The van der Waals surface area contributed by atoms with Gasteiger partial charge in [-0.15, -0.1) is 10.2 Å². The quantitative estimate of drug-likeness (QED) is 0.859. The normalized spacial score (nSPS) is 12.2. The van der Waals surface area contributed by atoms with Crippen molar-refractivity contribution in [3.05, 3.63) is 29.6 Å². The van der Waals surface area contributed by atoms with Gasteiger partial charge in [0.1, 0.15) is 5.82 Å². The molecule has 0 fully saturated rings. The fourth-order valence-electron chi connectivity index (χ4n) is 2.10. The third-order valence-corrected chi connectivity index (χ3v) is 3.00. The molecule has 2 aromatic rings. The monoisotopic (exact) mass is 284 g/mol. The number of alkyl halides is 3. The molecule has 0 unspecified atom stereocenters. The number of aromatic nitrogens is 3. The number of nitrogens with zero attached hydrogens (tertiary/aromatic N) is 3. The summed E-state index contributed by atoms with van der Waals surface area (Å²) in [5.74, 6) is 0.980. The highest BCUT2D eigenvalue weighted by atomic mass is 19.4. The van der Waals surface area contributed by atoms with Crippen LogP contribution in [0.2, 0.25) is 0 Å². The topological polar surface area (TPSA) is 56.7 Å². The Balaban J connectivity index is 2.64. The SMILES string of the molecule is Cc1nnc(-c2cc(C(F)(F)F)ccc2N)n1C(C)C. The number of anilines is 1. The van der Waals surface area contributed by atoms with Gasteiger partial charge >= 0.3 is 6.18 Å². The smallest absolute Gasteiger partial charge is 0.398 e. The van der Waals surface area contributed by atoms with Crippen LogP contribution in [0.25, 0.3) is 11.4 Å². The Morgan fingerprint density at radius 1 is 1.20 bits per heavy atom. The number of rotatable bonds is 2. The van der Waals surface area contributed by atoms with Gasteiger partial charge in [0.05, 0.1) is 5.56 Å². The van der Waals surface area contributed by atoms with E-state index in [4.69, 9.17) is 5.73 Å². The maximum absolute atomic E-state index is 12.8. The summed E-state index contributed by atoms with van der Waals surface area (Å²) in [6.07, 6.45) is -4.42. The van der Waals surface area contributed by atoms with Crippen LogP contribution in [0, 0.1) is 6.92 Å². The van der Waals surface area contributed by atoms with Crippen molar-refractivity contribution in [1.82, 2.24) is 14.8 Å². The molecule has 0 aliphatic rings. The van der Waals surface area contributed by atoms with Gasteiger partial charge in [0.25, 0.3) is 0 Å². The standard InChI is InChI=1S/C13H15F3N4/c1-7(2)20-8(3)18-19-12(20)10-6-9(13(14,15)16)4-5-11(10)17/h4-7H,17H2,1-3H3. The van der Waals surface area contributed by atoms with Crippen LogP contribution in [0.1, 0.15) is 31.3 Å². The van der Waals surface area contributed by atoms with Crippen molar-refractivity contribution in [2.45, 2.75) is 33.0 Å². The van der Waals surface area contributed by atoms with Crippen LogP contribution >= 0.6 is 0 Å². The third-order valence-electron chi connectivity index (χ3n) is 3.00. The molecule has 108 valence electrons. The van der Waals surface area contributed by atoms with E-state index in [1.807, 2.05) is 13.8 Å². The van der Waals surface area contributed by atoms with Gasteiger partial charge in [-0.3, -0.25) is 0 Å². The summed E-state index contributed by atoms with van der Waals surface area (Å²) >= 11 is 0. The molecule has 0 bridgehead atoms. The van der Waals surface area contributed by atoms with E-state index in [2.05, 4.69) is 10.2 Å². The molecule has 0 atom stereocenters. The summed E-state index contributed by atoms with van der Waals surface area (Å²) in [5.41, 5.74) is 5.53. The van der Waals surface area contributed by atoms with E-state index in [-0.39, 0.29) is 17.3 Å². The lowest BCUT2D eigenvalue weighted by atomic mass is 10.1. The predicted molar refractivity (Wildman–Crippen MR) is 70.0 cm³/mol. The van der Waals surface area contributed by atoms with Crippen molar-refractivity contribution >= 4 is 5.69 Å². The zero-order valence-electron chi connectivity index (χ0n) is 11.4. The highest BCUT2D eigenvalue weighted by molar-refractivity contribution is 5.72. The molecule has 0 saturated carbocycles. The minimum Gasteiger partial charge on any atom is -0.398 e. The van der Waals surface area contributed by atoms with Gasteiger partial charge in [0.2, 0.25) is 0 Å². The molecule has 2 rings (SSSR count). The summed E-state index contributed by atoms with van der Waals surface area (Å²) in [6.45, 7) is 5.56. The van der Waals surface area contributed by atoms with E-state index < -0.39 is 11.7 Å². The zero-order valence-corrected chi connectivity index (χ0v) is 11.4. The molecule has 0 spiro atoms. The van der Waals surface area contributed by atoms with E-state index in [0.717, 1.165) is 12.1 Å². The average molecular weight is 284 g/mol. The Hall–Kier alpha value is -2.05. The van der Waals surface area contributed by atoms with Gasteiger partial charge in [-0.1, -0.05) is 0 Å². The Morgan fingerprint density at radius 3 is 2.40 bits per heavy atom. The predicted octanol–water partition coefficient (Wildman–Crippen LogP) is 3.44. The second-order valence-electron chi connectivity index (χ2n) is 4.83. The molecule has 7 heteroatoms. The van der Waals surface area contributed by atoms with Crippen LogP contribution in [0.4, 0.5) is 18.9 Å². The Labute approximate surface area is 114 Å². The number of hydrogen-bond donors (Lipinski definition) is 1. The van der Waals surface area contributed by atoms with Crippen molar-refractivity contribution < 1.29 is 13.2 Å². The molecule has 0 saturated heterocycles. The summed E-state index contributed by atoms with van der Waals surface area (Å²) in [6, 6.07) is 3.24. The Kier molecular flexibility index (Phi) is 3.45. The average Bonchev–Trinajstić information content (AvgIpc) is 2.70. The molecular weight excluding hydrogens is 269 g/mol. The van der Waals surface area contributed by atoms with Crippen molar-refractivity contribution in [2.24, 2.45) is 0 Å². The summed E-state index contributed by atoms with van der Waals surface area (Å²) in [7, 11) is 0. The van der Waals surface area contributed by atoms with Crippen molar-refractivity contribution in [3.63, 3.8) is 0 Å². The largest absolute Gasteiger partial charge is 0.416 e. The number of aryl methyl sites for hydroxylation is 1. The van der Waals surface area contributed by atoms with Crippen molar-refractivity contribution in [1.29, 1.82) is 0 Å². The number of benzene rings is 1.